The summed E-state index contributed by atoms with van der Waals surface area (Å²) in [5.74, 6) is -0.307. The molecule has 0 aliphatic carbocycles. The predicted octanol–water partition coefficient (Wildman–Crippen LogP) is 2.86. The van der Waals surface area contributed by atoms with Crippen molar-refractivity contribution in [3.8, 4) is 5.75 Å². The molecule has 2 saturated heterocycles. The molecule has 2 aromatic rings. The Bertz CT molecular complexity index is 1090. The highest BCUT2D eigenvalue weighted by Crippen LogP contribution is 2.33. The summed E-state index contributed by atoms with van der Waals surface area (Å²) < 4.78 is 32.4. The molecule has 2 aliphatic heterocycles. The molecule has 32 heavy (non-hydrogen) atoms. The molecule has 2 aromatic carbocycles. The molecule has 0 radical (unpaired) electrons. The number of amides is 2. The van der Waals surface area contributed by atoms with Crippen LogP contribution in [-0.4, -0.2) is 50.8 Å². The van der Waals surface area contributed by atoms with E-state index in [-0.39, 0.29) is 29.7 Å². The lowest BCUT2D eigenvalue weighted by molar-refractivity contribution is -0.122. The number of sulfonamides is 1. The molecule has 0 saturated carbocycles. The van der Waals surface area contributed by atoms with E-state index in [0.29, 0.717) is 36.8 Å². The first kappa shape index (κ1) is 22.3. The smallest absolute Gasteiger partial charge is 0.243 e. The first-order valence-corrected chi connectivity index (χ1v) is 12.3. The highest BCUT2D eigenvalue weighted by molar-refractivity contribution is 7.89. The summed E-state index contributed by atoms with van der Waals surface area (Å²) in [4.78, 5) is 27.2. The largest absolute Gasteiger partial charge is 0.492 e. The Morgan fingerprint density at radius 3 is 2.47 bits per heavy atom. The minimum atomic E-state index is -3.50. The predicted molar refractivity (Wildman–Crippen MR) is 121 cm³/mol. The van der Waals surface area contributed by atoms with Gasteiger partial charge in [-0.25, -0.2) is 8.42 Å². The van der Waals surface area contributed by atoms with Gasteiger partial charge in [0.15, 0.2) is 0 Å². The van der Waals surface area contributed by atoms with E-state index in [1.807, 2.05) is 25.1 Å². The fraction of sp³-hybridized carbons (Fsp3) is 0.391. The van der Waals surface area contributed by atoms with E-state index >= 15 is 0 Å². The highest BCUT2D eigenvalue weighted by atomic mass is 32.2. The maximum Gasteiger partial charge on any atom is 0.243 e. The summed E-state index contributed by atoms with van der Waals surface area (Å²) in [5, 5.41) is 2.81. The van der Waals surface area contributed by atoms with Crippen LogP contribution < -0.4 is 15.0 Å². The number of anilines is 2. The molecule has 2 amide bonds. The number of carbonyl (C=O) groups is 2. The SMILES string of the molecule is CCOc1ccccc1N1C[C@H](C(=O)Nc2ccc(S(=O)(=O)N3CCCC3)cc2)CC1=O. The number of nitrogens with zero attached hydrogens (tertiary/aromatic N) is 2. The van der Waals surface area contributed by atoms with Gasteiger partial charge < -0.3 is 15.0 Å². The molecule has 8 nitrogen and oxygen atoms in total. The second-order valence-electron chi connectivity index (χ2n) is 7.93. The summed E-state index contributed by atoms with van der Waals surface area (Å²) >= 11 is 0. The Labute approximate surface area is 188 Å². The van der Waals surface area contributed by atoms with Crippen LogP contribution in [0.1, 0.15) is 26.2 Å². The summed E-state index contributed by atoms with van der Waals surface area (Å²) in [6, 6.07) is 13.5. The van der Waals surface area contributed by atoms with E-state index in [1.165, 1.54) is 16.4 Å². The van der Waals surface area contributed by atoms with Crippen molar-refractivity contribution in [2.24, 2.45) is 5.92 Å². The number of hydrogen-bond acceptors (Lipinski definition) is 5. The molecule has 1 atom stereocenters. The standard InChI is InChI=1S/C23H27N3O5S/c1-2-31-21-8-4-3-7-20(21)26-16-17(15-22(26)27)23(28)24-18-9-11-19(12-10-18)32(29,30)25-13-5-6-14-25/h3-4,7-12,17H,2,5-6,13-16H2,1H3,(H,24,28)/t17-/m1/s1. The molecule has 4 rings (SSSR count). The van der Waals surface area contributed by atoms with Gasteiger partial charge in [-0.1, -0.05) is 12.1 Å². The minimum absolute atomic E-state index is 0.105. The van der Waals surface area contributed by atoms with Crippen LogP contribution in [0.4, 0.5) is 11.4 Å². The maximum atomic E-state index is 12.8. The van der Waals surface area contributed by atoms with Gasteiger partial charge in [-0.15, -0.1) is 0 Å². The van der Waals surface area contributed by atoms with Crippen LogP contribution in [0, 0.1) is 5.92 Å². The van der Waals surface area contributed by atoms with Gasteiger partial charge in [-0.3, -0.25) is 9.59 Å². The van der Waals surface area contributed by atoms with E-state index in [9.17, 15) is 18.0 Å². The number of carbonyl (C=O) groups excluding carboxylic acids is 2. The van der Waals surface area contributed by atoms with Crippen molar-refractivity contribution in [1.29, 1.82) is 0 Å². The van der Waals surface area contributed by atoms with Gasteiger partial charge >= 0.3 is 0 Å². The molecule has 0 unspecified atom stereocenters. The fourth-order valence-electron chi connectivity index (χ4n) is 4.11. The number of para-hydroxylation sites is 2. The van der Waals surface area contributed by atoms with Gasteiger partial charge in [0.05, 0.1) is 23.1 Å². The van der Waals surface area contributed by atoms with E-state index in [2.05, 4.69) is 5.32 Å². The van der Waals surface area contributed by atoms with Gasteiger partial charge in [0.25, 0.3) is 0 Å². The Balaban J connectivity index is 1.42. The van der Waals surface area contributed by atoms with Gasteiger partial charge in [-0.2, -0.15) is 4.31 Å². The van der Waals surface area contributed by atoms with Gasteiger partial charge in [0.1, 0.15) is 5.75 Å². The van der Waals surface area contributed by atoms with Crippen LogP contribution in [0.3, 0.4) is 0 Å². The average molecular weight is 458 g/mol. The van der Waals surface area contributed by atoms with Crippen molar-refractivity contribution in [3.63, 3.8) is 0 Å². The highest BCUT2D eigenvalue weighted by Gasteiger charge is 2.36. The van der Waals surface area contributed by atoms with Gasteiger partial charge in [0, 0.05) is 31.7 Å². The van der Waals surface area contributed by atoms with Crippen LogP contribution >= 0.6 is 0 Å². The third-order valence-electron chi connectivity index (χ3n) is 5.78. The lowest BCUT2D eigenvalue weighted by Gasteiger charge is -2.20. The zero-order chi connectivity index (χ0) is 22.7. The number of benzene rings is 2. The van der Waals surface area contributed by atoms with Crippen LogP contribution in [0.5, 0.6) is 5.75 Å². The molecule has 0 aromatic heterocycles. The van der Waals surface area contributed by atoms with E-state index in [4.69, 9.17) is 4.74 Å². The number of hydrogen-bond donors (Lipinski definition) is 1. The Kier molecular flexibility index (Phi) is 6.48. The molecular weight excluding hydrogens is 430 g/mol. The second-order valence-corrected chi connectivity index (χ2v) is 9.87. The molecule has 9 heteroatoms. The van der Waals surface area contributed by atoms with Gasteiger partial charge in [-0.05, 0) is 56.2 Å². The molecule has 0 bridgehead atoms. The first-order valence-electron chi connectivity index (χ1n) is 10.8. The number of ether oxygens (including phenoxy) is 1. The van der Waals surface area contributed by atoms with Crippen molar-refractivity contribution in [2.75, 3.05) is 36.5 Å². The quantitative estimate of drug-likeness (QED) is 0.690. The van der Waals surface area contributed by atoms with Crippen LogP contribution in [0.15, 0.2) is 53.4 Å². The van der Waals surface area contributed by atoms with Crippen LogP contribution in [-0.2, 0) is 19.6 Å². The number of nitrogens with one attached hydrogen (secondary N) is 1. The van der Waals surface area contributed by atoms with Crippen molar-refractivity contribution in [1.82, 2.24) is 4.31 Å². The Morgan fingerprint density at radius 2 is 1.78 bits per heavy atom. The second kappa shape index (κ2) is 9.30. The van der Waals surface area contributed by atoms with Crippen LogP contribution in [0.2, 0.25) is 0 Å². The lowest BCUT2D eigenvalue weighted by atomic mass is 10.1. The van der Waals surface area contributed by atoms with E-state index < -0.39 is 15.9 Å². The zero-order valence-corrected chi connectivity index (χ0v) is 18.8. The fourth-order valence-corrected chi connectivity index (χ4v) is 5.62. The van der Waals surface area contributed by atoms with Gasteiger partial charge in [0.2, 0.25) is 21.8 Å². The lowest BCUT2D eigenvalue weighted by Crippen LogP contribution is -2.28. The molecule has 2 fully saturated rings. The summed E-state index contributed by atoms with van der Waals surface area (Å²) in [5.41, 5.74) is 1.15. The van der Waals surface area contributed by atoms with Crippen molar-refractivity contribution >= 4 is 33.2 Å². The minimum Gasteiger partial charge on any atom is -0.492 e. The first-order chi connectivity index (χ1) is 15.4. The van der Waals surface area contributed by atoms with Crippen molar-refractivity contribution in [2.45, 2.75) is 31.1 Å². The summed E-state index contributed by atoms with van der Waals surface area (Å²) in [6.07, 6.45) is 1.85. The summed E-state index contributed by atoms with van der Waals surface area (Å²) in [6.45, 7) is 3.70. The van der Waals surface area contributed by atoms with Crippen LogP contribution in [0.25, 0.3) is 0 Å². The average Bonchev–Trinajstić information content (AvgIpc) is 3.45. The summed E-state index contributed by atoms with van der Waals surface area (Å²) in [7, 11) is -3.50. The topological polar surface area (TPSA) is 96.0 Å². The molecule has 2 aliphatic rings. The van der Waals surface area contributed by atoms with Crippen molar-refractivity contribution < 1.29 is 22.7 Å². The third kappa shape index (κ3) is 4.49. The van der Waals surface area contributed by atoms with Crippen molar-refractivity contribution in [3.05, 3.63) is 48.5 Å². The third-order valence-corrected chi connectivity index (χ3v) is 7.69. The number of rotatable bonds is 7. The molecule has 1 N–H and O–H groups in total. The Morgan fingerprint density at radius 1 is 1.09 bits per heavy atom. The zero-order valence-electron chi connectivity index (χ0n) is 18.0. The maximum absolute atomic E-state index is 12.8. The molecule has 2 heterocycles. The molecule has 0 spiro atoms. The van der Waals surface area contributed by atoms with E-state index in [0.717, 1.165) is 12.8 Å². The normalized spacial score (nSPS) is 19.3. The Hall–Kier alpha value is -2.91. The monoisotopic (exact) mass is 457 g/mol. The van der Waals surface area contributed by atoms with E-state index in [1.54, 1.807) is 23.1 Å². The molecule has 170 valence electrons. The molecular formula is C23H27N3O5S.